The number of carbonyl (C=O) groups is 2. The molecule has 1 aromatic rings. The fourth-order valence-electron chi connectivity index (χ4n) is 1.82. The van der Waals surface area contributed by atoms with Crippen molar-refractivity contribution in [3.63, 3.8) is 0 Å². The standard InChI is InChI=1S/C10H14ClN3.C4H4O4/c11-9-6-10(8-13-7-9)14-4-1-2-12-3-5-14;5-3(6)1-2-4(7)8/h6-8,12H,1-5H2;1-2H,(H,5,6)(H,7,8)/b;2-1+. The van der Waals surface area contributed by atoms with Crippen LogP contribution < -0.4 is 10.2 Å². The number of aliphatic carboxylic acids is 2. The molecular weight excluding hydrogens is 310 g/mol. The van der Waals surface area contributed by atoms with Gasteiger partial charge in [-0.2, -0.15) is 0 Å². The van der Waals surface area contributed by atoms with Crippen LogP contribution in [0, 0.1) is 0 Å². The Balaban J connectivity index is 0.000000261. The molecule has 1 aromatic heterocycles. The molecule has 1 fully saturated rings. The van der Waals surface area contributed by atoms with Gasteiger partial charge in [0.1, 0.15) is 0 Å². The van der Waals surface area contributed by atoms with Crippen LogP contribution in [0.2, 0.25) is 5.02 Å². The summed E-state index contributed by atoms with van der Waals surface area (Å²) in [5.74, 6) is -2.51. The Morgan fingerprint density at radius 1 is 1.18 bits per heavy atom. The van der Waals surface area contributed by atoms with Crippen LogP contribution in [-0.2, 0) is 9.59 Å². The molecule has 0 amide bonds. The Kier molecular flexibility index (Phi) is 7.95. The zero-order chi connectivity index (χ0) is 16.4. The Morgan fingerprint density at radius 3 is 2.45 bits per heavy atom. The van der Waals surface area contributed by atoms with Crippen LogP contribution >= 0.6 is 11.6 Å². The molecule has 1 saturated heterocycles. The Morgan fingerprint density at radius 2 is 1.86 bits per heavy atom. The second-order valence-corrected chi connectivity index (χ2v) is 4.90. The fraction of sp³-hybridized carbons (Fsp3) is 0.357. The lowest BCUT2D eigenvalue weighted by Gasteiger charge is -2.21. The van der Waals surface area contributed by atoms with E-state index in [0.29, 0.717) is 17.2 Å². The minimum Gasteiger partial charge on any atom is -0.478 e. The predicted molar refractivity (Wildman–Crippen MR) is 83.4 cm³/mol. The Labute approximate surface area is 133 Å². The lowest BCUT2D eigenvalue weighted by Crippen LogP contribution is -2.27. The van der Waals surface area contributed by atoms with Crippen LogP contribution in [0.4, 0.5) is 5.69 Å². The summed E-state index contributed by atoms with van der Waals surface area (Å²) >= 11 is 5.90. The van der Waals surface area contributed by atoms with Crippen LogP contribution in [0.25, 0.3) is 0 Å². The van der Waals surface area contributed by atoms with E-state index in [1.807, 2.05) is 12.3 Å². The van der Waals surface area contributed by atoms with Gasteiger partial charge in [-0.1, -0.05) is 11.6 Å². The first-order chi connectivity index (χ1) is 10.5. The van der Waals surface area contributed by atoms with Crippen molar-refractivity contribution >= 4 is 29.2 Å². The van der Waals surface area contributed by atoms with E-state index in [0.717, 1.165) is 31.9 Å². The van der Waals surface area contributed by atoms with Gasteiger partial charge in [-0.05, 0) is 19.0 Å². The van der Waals surface area contributed by atoms with E-state index < -0.39 is 11.9 Å². The summed E-state index contributed by atoms with van der Waals surface area (Å²) in [6.45, 7) is 4.24. The van der Waals surface area contributed by atoms with E-state index in [9.17, 15) is 9.59 Å². The first kappa shape index (κ1) is 17.9. The topological polar surface area (TPSA) is 103 Å². The Hall–Kier alpha value is -2.12. The van der Waals surface area contributed by atoms with Crippen LogP contribution in [0.1, 0.15) is 6.42 Å². The highest BCUT2D eigenvalue weighted by atomic mass is 35.5. The van der Waals surface area contributed by atoms with Crippen molar-refractivity contribution in [3.05, 3.63) is 35.6 Å². The summed E-state index contributed by atoms with van der Waals surface area (Å²) in [7, 11) is 0. The third kappa shape index (κ3) is 7.61. The van der Waals surface area contributed by atoms with Gasteiger partial charge in [0.15, 0.2) is 0 Å². The maximum absolute atomic E-state index is 9.55. The number of carboxylic acid groups (broad SMARTS) is 2. The van der Waals surface area contributed by atoms with E-state index in [1.165, 1.54) is 6.42 Å². The van der Waals surface area contributed by atoms with Crippen LogP contribution in [0.5, 0.6) is 0 Å². The van der Waals surface area contributed by atoms with E-state index in [2.05, 4.69) is 15.2 Å². The van der Waals surface area contributed by atoms with Crippen molar-refractivity contribution in [1.82, 2.24) is 10.3 Å². The van der Waals surface area contributed by atoms with Crippen molar-refractivity contribution in [2.75, 3.05) is 31.1 Å². The highest BCUT2D eigenvalue weighted by Crippen LogP contribution is 2.18. The number of carboxylic acids is 2. The first-order valence-corrected chi connectivity index (χ1v) is 7.07. The number of anilines is 1. The highest BCUT2D eigenvalue weighted by molar-refractivity contribution is 6.30. The molecule has 2 rings (SSSR count). The Bertz CT molecular complexity index is 513. The van der Waals surface area contributed by atoms with Crippen molar-refractivity contribution in [1.29, 1.82) is 0 Å². The van der Waals surface area contributed by atoms with Gasteiger partial charge in [0, 0.05) is 38.0 Å². The number of hydrogen-bond donors (Lipinski definition) is 3. The SMILES string of the molecule is Clc1cncc(N2CCCNCC2)c1.O=C(O)/C=C/C(=O)O. The molecular formula is C14H18ClN3O4. The van der Waals surface area contributed by atoms with Crippen LogP contribution in [0.15, 0.2) is 30.6 Å². The summed E-state index contributed by atoms with van der Waals surface area (Å²) in [5.41, 5.74) is 1.13. The molecule has 3 N–H and O–H groups in total. The number of aromatic nitrogens is 1. The smallest absolute Gasteiger partial charge is 0.328 e. The minimum atomic E-state index is -1.26. The van der Waals surface area contributed by atoms with Gasteiger partial charge in [0.05, 0.1) is 16.9 Å². The van der Waals surface area contributed by atoms with Gasteiger partial charge >= 0.3 is 11.9 Å². The zero-order valence-corrected chi connectivity index (χ0v) is 12.7. The molecule has 7 nitrogen and oxygen atoms in total. The van der Waals surface area contributed by atoms with E-state index in [-0.39, 0.29) is 0 Å². The molecule has 120 valence electrons. The zero-order valence-electron chi connectivity index (χ0n) is 11.9. The lowest BCUT2D eigenvalue weighted by atomic mass is 10.3. The number of nitrogens with zero attached hydrogens (tertiary/aromatic N) is 2. The molecule has 1 aliphatic heterocycles. The van der Waals surface area contributed by atoms with Crippen LogP contribution in [0.3, 0.4) is 0 Å². The summed E-state index contributed by atoms with van der Waals surface area (Å²) in [6.07, 6.45) is 5.83. The van der Waals surface area contributed by atoms with E-state index in [4.69, 9.17) is 21.8 Å². The summed E-state index contributed by atoms with van der Waals surface area (Å²) < 4.78 is 0. The molecule has 0 unspecified atom stereocenters. The molecule has 22 heavy (non-hydrogen) atoms. The van der Waals surface area contributed by atoms with E-state index in [1.54, 1.807) is 6.20 Å². The summed E-state index contributed by atoms with van der Waals surface area (Å²) in [6, 6.07) is 1.97. The average Bonchev–Trinajstić information content (AvgIpc) is 2.75. The first-order valence-electron chi connectivity index (χ1n) is 6.69. The lowest BCUT2D eigenvalue weighted by molar-refractivity contribution is -0.134. The van der Waals surface area contributed by atoms with Gasteiger partial charge in [-0.25, -0.2) is 9.59 Å². The molecule has 0 aromatic carbocycles. The molecule has 0 saturated carbocycles. The molecule has 0 atom stereocenters. The van der Waals surface area contributed by atoms with Crippen molar-refractivity contribution in [2.24, 2.45) is 0 Å². The third-order valence-corrected chi connectivity index (χ3v) is 2.97. The van der Waals surface area contributed by atoms with E-state index >= 15 is 0 Å². The van der Waals surface area contributed by atoms with Gasteiger partial charge in [-0.15, -0.1) is 0 Å². The van der Waals surface area contributed by atoms with Gasteiger partial charge < -0.3 is 20.4 Å². The highest BCUT2D eigenvalue weighted by Gasteiger charge is 2.09. The monoisotopic (exact) mass is 327 g/mol. The number of rotatable bonds is 3. The van der Waals surface area contributed by atoms with Gasteiger partial charge in [0.2, 0.25) is 0 Å². The summed E-state index contributed by atoms with van der Waals surface area (Å²) in [5, 5.41) is 19.7. The van der Waals surface area contributed by atoms with Gasteiger partial charge in [0.25, 0.3) is 0 Å². The molecule has 0 spiro atoms. The normalized spacial score (nSPS) is 14.9. The number of hydrogen-bond acceptors (Lipinski definition) is 5. The predicted octanol–water partition coefficient (Wildman–Crippen LogP) is 1.25. The van der Waals surface area contributed by atoms with Crippen molar-refractivity contribution < 1.29 is 19.8 Å². The number of nitrogens with one attached hydrogen (secondary N) is 1. The molecule has 8 heteroatoms. The largest absolute Gasteiger partial charge is 0.478 e. The average molecular weight is 328 g/mol. The molecule has 0 aliphatic carbocycles. The van der Waals surface area contributed by atoms with Crippen molar-refractivity contribution in [2.45, 2.75) is 6.42 Å². The molecule has 0 bridgehead atoms. The number of pyridine rings is 1. The third-order valence-electron chi connectivity index (χ3n) is 2.76. The van der Waals surface area contributed by atoms with Gasteiger partial charge in [-0.3, -0.25) is 4.98 Å². The van der Waals surface area contributed by atoms with Crippen molar-refractivity contribution in [3.8, 4) is 0 Å². The second-order valence-electron chi connectivity index (χ2n) is 4.46. The minimum absolute atomic E-state index is 0.558. The quantitative estimate of drug-likeness (QED) is 0.718. The molecule has 1 aliphatic rings. The molecule has 2 heterocycles. The maximum atomic E-state index is 9.55. The van der Waals surface area contributed by atoms with Crippen LogP contribution in [-0.4, -0.2) is 53.3 Å². The maximum Gasteiger partial charge on any atom is 0.328 e. The fourth-order valence-corrected chi connectivity index (χ4v) is 1.99. The second kappa shape index (κ2) is 9.75. The number of halogens is 1. The molecule has 0 radical (unpaired) electrons. The summed E-state index contributed by atoms with van der Waals surface area (Å²) in [4.78, 5) is 25.5.